The van der Waals surface area contributed by atoms with Crippen LogP contribution >= 0.6 is 23.1 Å². The van der Waals surface area contributed by atoms with Crippen LogP contribution in [0.3, 0.4) is 0 Å². The van der Waals surface area contributed by atoms with E-state index in [0.717, 1.165) is 4.90 Å². The molecule has 3 aromatic rings. The number of nitrogens with one attached hydrogen (secondary N) is 2. The number of carbonyl (C=O) groups excluding carboxylic acids is 3. The fraction of sp³-hybridized carbons (Fsp3) is 0.174. The van der Waals surface area contributed by atoms with Crippen LogP contribution in [0.5, 0.6) is 0 Å². The van der Waals surface area contributed by atoms with E-state index < -0.39 is 5.97 Å². The molecule has 0 bridgehead atoms. The molecule has 2 amide bonds. The van der Waals surface area contributed by atoms with Gasteiger partial charge < -0.3 is 15.4 Å². The van der Waals surface area contributed by atoms with Gasteiger partial charge in [-0.15, -0.1) is 23.1 Å². The first-order valence-electron chi connectivity index (χ1n) is 9.59. The van der Waals surface area contributed by atoms with Crippen LogP contribution in [0.2, 0.25) is 0 Å². The molecule has 0 atom stereocenters. The summed E-state index contributed by atoms with van der Waals surface area (Å²) in [7, 11) is 0. The number of ether oxygens (including phenoxy) is 1. The average molecular weight is 455 g/mol. The highest BCUT2D eigenvalue weighted by Gasteiger charge is 2.12. The van der Waals surface area contributed by atoms with Crippen LogP contribution in [0, 0.1) is 6.92 Å². The number of rotatable bonds is 9. The largest absolute Gasteiger partial charge is 0.452 e. The first-order valence-corrected chi connectivity index (χ1v) is 11.5. The van der Waals surface area contributed by atoms with E-state index in [1.807, 2.05) is 36.6 Å². The highest BCUT2D eigenvalue weighted by atomic mass is 32.2. The number of aryl methyl sites for hydroxylation is 1. The van der Waals surface area contributed by atoms with Crippen LogP contribution < -0.4 is 10.6 Å². The van der Waals surface area contributed by atoms with Gasteiger partial charge in [-0.05, 0) is 48.7 Å². The third-order valence-electron chi connectivity index (χ3n) is 4.15. The lowest BCUT2D eigenvalue weighted by atomic mass is 10.2. The van der Waals surface area contributed by atoms with Gasteiger partial charge in [0.05, 0.1) is 10.4 Å². The van der Waals surface area contributed by atoms with Crippen molar-refractivity contribution in [3.05, 3.63) is 82.0 Å². The Morgan fingerprint density at radius 1 is 1.03 bits per heavy atom. The average Bonchev–Trinajstić information content (AvgIpc) is 3.32. The smallest absolute Gasteiger partial charge is 0.338 e. The predicted octanol–water partition coefficient (Wildman–Crippen LogP) is 4.37. The molecule has 1 heterocycles. The number of hydrogen-bond donors (Lipinski definition) is 2. The molecule has 0 unspecified atom stereocenters. The SMILES string of the molecule is Cc1ccc(SCCNC(=O)COC(=O)c2cccc(NC(=O)c3cccs3)c2)cc1. The van der Waals surface area contributed by atoms with Gasteiger partial charge in [-0.1, -0.05) is 29.8 Å². The zero-order valence-electron chi connectivity index (χ0n) is 16.9. The van der Waals surface area contributed by atoms with Crippen molar-refractivity contribution in [2.75, 3.05) is 24.2 Å². The summed E-state index contributed by atoms with van der Waals surface area (Å²) in [6.07, 6.45) is 0. The lowest BCUT2D eigenvalue weighted by molar-refractivity contribution is -0.124. The number of thioether (sulfide) groups is 1. The molecule has 0 saturated carbocycles. The molecule has 0 spiro atoms. The highest BCUT2D eigenvalue weighted by molar-refractivity contribution is 7.99. The lowest BCUT2D eigenvalue weighted by Crippen LogP contribution is -2.30. The van der Waals surface area contributed by atoms with Gasteiger partial charge in [-0.2, -0.15) is 0 Å². The van der Waals surface area contributed by atoms with E-state index in [1.54, 1.807) is 42.1 Å². The second kappa shape index (κ2) is 11.3. The summed E-state index contributed by atoms with van der Waals surface area (Å²) in [5.41, 5.74) is 1.94. The van der Waals surface area contributed by atoms with Crippen molar-refractivity contribution >= 4 is 46.6 Å². The second-order valence-electron chi connectivity index (χ2n) is 6.60. The first kappa shape index (κ1) is 22.6. The lowest BCUT2D eigenvalue weighted by Gasteiger charge is -2.08. The minimum absolute atomic E-state index is 0.247. The topological polar surface area (TPSA) is 84.5 Å². The van der Waals surface area contributed by atoms with E-state index in [2.05, 4.69) is 10.6 Å². The van der Waals surface area contributed by atoms with Crippen molar-refractivity contribution in [2.24, 2.45) is 0 Å². The van der Waals surface area contributed by atoms with Gasteiger partial charge in [-0.25, -0.2) is 4.79 Å². The molecule has 0 aliphatic rings. The number of hydrogen-bond acceptors (Lipinski definition) is 6. The third kappa shape index (κ3) is 7.27. The van der Waals surface area contributed by atoms with Crippen molar-refractivity contribution in [1.29, 1.82) is 0 Å². The van der Waals surface area contributed by atoms with E-state index in [4.69, 9.17) is 4.74 Å². The Hall–Kier alpha value is -3.10. The number of amides is 2. The Kier molecular flexibility index (Phi) is 8.26. The van der Waals surface area contributed by atoms with Crippen molar-refractivity contribution in [2.45, 2.75) is 11.8 Å². The summed E-state index contributed by atoms with van der Waals surface area (Å²) in [5, 5.41) is 7.28. The van der Waals surface area contributed by atoms with Gasteiger partial charge in [0.25, 0.3) is 11.8 Å². The van der Waals surface area contributed by atoms with E-state index >= 15 is 0 Å². The molecule has 0 fully saturated rings. The molecule has 0 aliphatic heterocycles. The van der Waals surface area contributed by atoms with Crippen LogP contribution in [0.15, 0.2) is 70.9 Å². The Labute approximate surface area is 189 Å². The molecular formula is C23H22N2O4S2. The van der Waals surface area contributed by atoms with Crippen LogP contribution in [-0.2, 0) is 9.53 Å². The van der Waals surface area contributed by atoms with E-state index in [-0.39, 0.29) is 24.0 Å². The van der Waals surface area contributed by atoms with Gasteiger partial charge in [0.1, 0.15) is 0 Å². The molecule has 160 valence electrons. The van der Waals surface area contributed by atoms with Crippen LogP contribution in [-0.4, -0.2) is 36.7 Å². The fourth-order valence-corrected chi connectivity index (χ4v) is 3.97. The Morgan fingerprint density at radius 2 is 1.84 bits per heavy atom. The molecule has 1 aromatic heterocycles. The fourth-order valence-electron chi connectivity index (χ4n) is 2.58. The first-order chi connectivity index (χ1) is 15.0. The molecule has 2 aromatic carbocycles. The number of benzene rings is 2. The zero-order chi connectivity index (χ0) is 22.1. The number of esters is 1. The number of carbonyl (C=O) groups is 3. The van der Waals surface area contributed by atoms with Gasteiger partial charge in [0, 0.05) is 22.9 Å². The standard InChI is InChI=1S/C23H22N2O4S2/c1-16-7-9-19(10-8-16)30-13-11-24-21(26)15-29-23(28)17-4-2-5-18(14-17)25-22(27)20-6-3-12-31-20/h2-10,12,14H,11,13,15H2,1H3,(H,24,26)(H,25,27). The molecule has 31 heavy (non-hydrogen) atoms. The Balaban J connectivity index is 1.40. The molecular weight excluding hydrogens is 432 g/mol. The van der Waals surface area contributed by atoms with E-state index in [9.17, 15) is 14.4 Å². The van der Waals surface area contributed by atoms with Crippen LogP contribution in [0.25, 0.3) is 0 Å². The monoisotopic (exact) mass is 454 g/mol. The summed E-state index contributed by atoms with van der Waals surface area (Å²) in [6.45, 7) is 2.15. The van der Waals surface area contributed by atoms with Crippen LogP contribution in [0.1, 0.15) is 25.6 Å². The molecule has 6 nitrogen and oxygen atoms in total. The van der Waals surface area contributed by atoms with E-state index in [0.29, 0.717) is 22.9 Å². The van der Waals surface area contributed by atoms with Crippen molar-refractivity contribution in [1.82, 2.24) is 5.32 Å². The predicted molar refractivity (Wildman–Crippen MR) is 124 cm³/mol. The summed E-state index contributed by atoms with van der Waals surface area (Å²) < 4.78 is 5.08. The van der Waals surface area contributed by atoms with Gasteiger partial charge in [-0.3, -0.25) is 9.59 Å². The quantitative estimate of drug-likeness (QED) is 0.285. The Bertz CT molecular complexity index is 1030. The molecule has 0 saturated heterocycles. The minimum Gasteiger partial charge on any atom is -0.452 e. The van der Waals surface area contributed by atoms with Gasteiger partial charge in [0.15, 0.2) is 6.61 Å². The molecule has 0 radical (unpaired) electrons. The van der Waals surface area contributed by atoms with Crippen LogP contribution in [0.4, 0.5) is 5.69 Å². The molecule has 8 heteroatoms. The zero-order valence-corrected chi connectivity index (χ0v) is 18.6. The highest BCUT2D eigenvalue weighted by Crippen LogP contribution is 2.17. The summed E-state index contributed by atoms with van der Waals surface area (Å²) in [4.78, 5) is 38.0. The summed E-state index contributed by atoms with van der Waals surface area (Å²) >= 11 is 2.97. The van der Waals surface area contributed by atoms with Gasteiger partial charge in [0.2, 0.25) is 0 Å². The van der Waals surface area contributed by atoms with Gasteiger partial charge >= 0.3 is 5.97 Å². The molecule has 3 rings (SSSR count). The van der Waals surface area contributed by atoms with Crippen molar-refractivity contribution in [3.63, 3.8) is 0 Å². The minimum atomic E-state index is -0.628. The van der Waals surface area contributed by atoms with Crippen molar-refractivity contribution in [3.8, 4) is 0 Å². The maximum atomic E-state index is 12.2. The Morgan fingerprint density at radius 3 is 2.58 bits per heavy atom. The van der Waals surface area contributed by atoms with Crippen molar-refractivity contribution < 1.29 is 19.1 Å². The normalized spacial score (nSPS) is 10.4. The van der Waals surface area contributed by atoms with E-state index in [1.165, 1.54) is 23.0 Å². The maximum Gasteiger partial charge on any atom is 0.338 e. The number of anilines is 1. The summed E-state index contributed by atoms with van der Waals surface area (Å²) in [6, 6.07) is 18.1. The second-order valence-corrected chi connectivity index (χ2v) is 8.72. The molecule has 0 aliphatic carbocycles. The maximum absolute atomic E-state index is 12.2. The summed E-state index contributed by atoms with van der Waals surface area (Å²) in [5.74, 6) is -0.519. The molecule has 2 N–H and O–H groups in total. The number of thiophene rings is 1. The third-order valence-corrected chi connectivity index (χ3v) is 6.03.